The maximum Gasteiger partial charge on any atom is 0.246 e. The van der Waals surface area contributed by atoms with Crippen LogP contribution in [-0.4, -0.2) is 44.6 Å². The molecule has 0 spiro atoms. The molecule has 2 aromatic rings. The highest BCUT2D eigenvalue weighted by Crippen LogP contribution is 2.34. The number of anilines is 2. The van der Waals surface area contributed by atoms with E-state index in [4.69, 9.17) is 9.47 Å². The average molecular weight is 417 g/mol. The Labute approximate surface area is 169 Å². The Morgan fingerprint density at radius 1 is 1.00 bits per heavy atom. The summed E-state index contributed by atoms with van der Waals surface area (Å²) in [4.78, 5) is 12.7. The number of rotatable bonds is 6. The molecule has 2 aliphatic rings. The van der Waals surface area contributed by atoms with E-state index in [2.05, 4.69) is 10.6 Å². The molecular weight excluding hydrogens is 394 g/mol. The number of nitrogens with one attached hydrogen (secondary N) is 2. The number of benzene rings is 2. The molecule has 154 valence electrons. The zero-order valence-corrected chi connectivity index (χ0v) is 16.9. The van der Waals surface area contributed by atoms with Crippen LogP contribution in [0.2, 0.25) is 0 Å². The molecule has 9 heteroatoms. The lowest BCUT2D eigenvalue weighted by atomic mass is 10.2. The quantitative estimate of drug-likeness (QED) is 0.750. The summed E-state index contributed by atoms with van der Waals surface area (Å²) in [6.45, 7) is 3.05. The normalized spacial score (nSPS) is 17.1. The summed E-state index contributed by atoms with van der Waals surface area (Å²) in [5, 5.41) is 5.91. The maximum absolute atomic E-state index is 12.6. The van der Waals surface area contributed by atoms with Gasteiger partial charge >= 0.3 is 0 Å². The van der Waals surface area contributed by atoms with Crippen LogP contribution < -0.4 is 20.1 Å². The molecule has 0 saturated carbocycles. The highest BCUT2D eigenvalue weighted by atomic mass is 32.2. The number of carbonyl (C=O) groups excluding carboxylic acids is 1. The van der Waals surface area contributed by atoms with Crippen LogP contribution >= 0.6 is 0 Å². The summed E-state index contributed by atoms with van der Waals surface area (Å²) in [6, 6.07) is 11.1. The summed E-state index contributed by atoms with van der Waals surface area (Å²) in [5.74, 6) is 1.08. The minimum atomic E-state index is -3.46. The van der Waals surface area contributed by atoms with E-state index >= 15 is 0 Å². The van der Waals surface area contributed by atoms with Gasteiger partial charge in [-0.1, -0.05) is 0 Å². The third-order valence-electron chi connectivity index (χ3n) is 4.97. The van der Waals surface area contributed by atoms with Gasteiger partial charge in [0.15, 0.2) is 11.5 Å². The van der Waals surface area contributed by atoms with Crippen molar-refractivity contribution in [3.05, 3.63) is 42.5 Å². The first-order valence-corrected chi connectivity index (χ1v) is 10.9. The molecule has 1 atom stereocenters. The first kappa shape index (κ1) is 19.5. The topological polar surface area (TPSA) is 97.0 Å². The Morgan fingerprint density at radius 2 is 1.66 bits per heavy atom. The van der Waals surface area contributed by atoms with Gasteiger partial charge in [-0.05, 0) is 56.2 Å². The molecule has 0 aliphatic carbocycles. The molecule has 0 radical (unpaired) electrons. The molecule has 2 heterocycles. The molecule has 29 heavy (non-hydrogen) atoms. The largest absolute Gasteiger partial charge is 0.454 e. The maximum atomic E-state index is 12.6. The summed E-state index contributed by atoms with van der Waals surface area (Å²) >= 11 is 0. The van der Waals surface area contributed by atoms with Crippen LogP contribution in [0.3, 0.4) is 0 Å². The smallest absolute Gasteiger partial charge is 0.246 e. The van der Waals surface area contributed by atoms with E-state index in [-0.39, 0.29) is 17.6 Å². The summed E-state index contributed by atoms with van der Waals surface area (Å²) < 4.78 is 37.2. The monoisotopic (exact) mass is 417 g/mol. The predicted molar refractivity (Wildman–Crippen MR) is 109 cm³/mol. The van der Waals surface area contributed by atoms with E-state index in [0.29, 0.717) is 30.3 Å². The fraction of sp³-hybridized carbons (Fsp3) is 0.350. The Balaban J connectivity index is 1.37. The van der Waals surface area contributed by atoms with Crippen molar-refractivity contribution in [3.63, 3.8) is 0 Å². The van der Waals surface area contributed by atoms with E-state index < -0.39 is 16.1 Å². The van der Waals surface area contributed by atoms with Crippen molar-refractivity contribution in [2.45, 2.75) is 30.7 Å². The SMILES string of the molecule is C[C@H](Nc1ccc2c(c1)OCO2)C(=O)Nc1ccc(S(=O)(=O)N2CCCC2)cc1. The number of ether oxygens (including phenoxy) is 2. The molecule has 0 unspecified atom stereocenters. The van der Waals surface area contributed by atoms with Crippen LogP contribution in [0.25, 0.3) is 0 Å². The van der Waals surface area contributed by atoms with Gasteiger partial charge in [-0.25, -0.2) is 8.42 Å². The van der Waals surface area contributed by atoms with Gasteiger partial charge in [0.05, 0.1) is 4.90 Å². The van der Waals surface area contributed by atoms with Crippen molar-refractivity contribution in [3.8, 4) is 11.5 Å². The Hall–Kier alpha value is -2.78. The van der Waals surface area contributed by atoms with Gasteiger partial charge in [0.1, 0.15) is 6.04 Å². The third-order valence-corrected chi connectivity index (χ3v) is 6.89. The Morgan fingerprint density at radius 3 is 2.38 bits per heavy atom. The van der Waals surface area contributed by atoms with Crippen molar-refractivity contribution in [1.29, 1.82) is 0 Å². The fourth-order valence-corrected chi connectivity index (χ4v) is 4.86. The number of carbonyl (C=O) groups is 1. The Bertz CT molecular complexity index is 1000. The first-order valence-electron chi connectivity index (χ1n) is 9.51. The molecule has 0 bridgehead atoms. The number of amides is 1. The highest BCUT2D eigenvalue weighted by molar-refractivity contribution is 7.89. The number of hydrogen-bond acceptors (Lipinski definition) is 6. The minimum Gasteiger partial charge on any atom is -0.454 e. The lowest BCUT2D eigenvalue weighted by molar-refractivity contribution is -0.116. The molecule has 2 aliphatic heterocycles. The third kappa shape index (κ3) is 4.15. The first-order chi connectivity index (χ1) is 13.9. The standard InChI is InChI=1S/C20H23N3O5S/c1-14(21-16-6-9-18-19(12-16)28-13-27-18)20(24)22-15-4-7-17(8-5-15)29(25,26)23-10-2-3-11-23/h4-9,12,14,21H,2-3,10-11,13H2,1H3,(H,22,24)/t14-/m0/s1. The van der Waals surface area contributed by atoms with E-state index in [0.717, 1.165) is 18.5 Å². The fourth-order valence-electron chi connectivity index (χ4n) is 3.34. The molecule has 1 saturated heterocycles. The van der Waals surface area contributed by atoms with Crippen molar-refractivity contribution >= 4 is 27.3 Å². The molecule has 1 amide bonds. The summed E-state index contributed by atoms with van der Waals surface area (Å²) in [5.41, 5.74) is 1.28. The van der Waals surface area contributed by atoms with Crippen molar-refractivity contribution in [2.24, 2.45) is 0 Å². The lowest BCUT2D eigenvalue weighted by Crippen LogP contribution is -2.32. The van der Waals surface area contributed by atoms with Gasteiger partial charge in [0, 0.05) is 30.5 Å². The van der Waals surface area contributed by atoms with E-state index in [9.17, 15) is 13.2 Å². The van der Waals surface area contributed by atoms with Gasteiger partial charge in [-0.3, -0.25) is 4.79 Å². The zero-order valence-electron chi connectivity index (χ0n) is 16.1. The number of hydrogen-bond donors (Lipinski definition) is 2. The number of sulfonamides is 1. The lowest BCUT2D eigenvalue weighted by Gasteiger charge is -2.17. The van der Waals surface area contributed by atoms with Crippen molar-refractivity contribution < 1.29 is 22.7 Å². The molecule has 2 aromatic carbocycles. The van der Waals surface area contributed by atoms with E-state index in [1.165, 1.54) is 16.4 Å². The second kappa shape index (κ2) is 7.92. The molecule has 1 fully saturated rings. The van der Waals surface area contributed by atoms with Crippen LogP contribution in [0.4, 0.5) is 11.4 Å². The molecular formula is C20H23N3O5S. The second-order valence-electron chi connectivity index (χ2n) is 7.06. The van der Waals surface area contributed by atoms with Crippen LogP contribution in [0.15, 0.2) is 47.4 Å². The minimum absolute atomic E-state index is 0.193. The average Bonchev–Trinajstić information content (AvgIpc) is 3.40. The van der Waals surface area contributed by atoms with Crippen LogP contribution in [-0.2, 0) is 14.8 Å². The van der Waals surface area contributed by atoms with Gasteiger partial charge in [0.25, 0.3) is 0 Å². The Kier molecular flexibility index (Phi) is 5.33. The second-order valence-corrected chi connectivity index (χ2v) is 9.00. The number of nitrogens with zero attached hydrogens (tertiary/aromatic N) is 1. The summed E-state index contributed by atoms with van der Waals surface area (Å²) in [6.07, 6.45) is 1.78. The van der Waals surface area contributed by atoms with Gasteiger partial charge in [-0.15, -0.1) is 0 Å². The van der Waals surface area contributed by atoms with Crippen molar-refractivity contribution in [2.75, 3.05) is 30.5 Å². The van der Waals surface area contributed by atoms with E-state index in [1.807, 2.05) is 6.07 Å². The molecule has 8 nitrogen and oxygen atoms in total. The zero-order chi connectivity index (χ0) is 20.4. The van der Waals surface area contributed by atoms with Crippen LogP contribution in [0.5, 0.6) is 11.5 Å². The van der Waals surface area contributed by atoms with Gasteiger partial charge in [-0.2, -0.15) is 4.31 Å². The van der Waals surface area contributed by atoms with Crippen LogP contribution in [0, 0.1) is 0 Å². The van der Waals surface area contributed by atoms with Crippen molar-refractivity contribution in [1.82, 2.24) is 4.31 Å². The van der Waals surface area contributed by atoms with Crippen LogP contribution in [0.1, 0.15) is 19.8 Å². The molecule has 4 rings (SSSR count). The predicted octanol–water partition coefficient (Wildman–Crippen LogP) is 2.64. The summed E-state index contributed by atoms with van der Waals surface area (Å²) in [7, 11) is -3.46. The highest BCUT2D eigenvalue weighted by Gasteiger charge is 2.27. The number of fused-ring (bicyclic) bond motifs is 1. The van der Waals surface area contributed by atoms with E-state index in [1.54, 1.807) is 31.2 Å². The molecule has 2 N–H and O–H groups in total. The van der Waals surface area contributed by atoms with Gasteiger partial charge in [0.2, 0.25) is 22.7 Å². The molecule has 0 aromatic heterocycles. The van der Waals surface area contributed by atoms with Gasteiger partial charge < -0.3 is 20.1 Å².